The minimum absolute atomic E-state index is 0.0946. The average Bonchev–Trinajstić information content (AvgIpc) is 2.99. The second-order valence-electron chi connectivity index (χ2n) is 10.00. The normalized spacial score (nSPS) is 14.5. The van der Waals surface area contributed by atoms with E-state index in [4.69, 9.17) is 40.4 Å². The zero-order valence-corrected chi connectivity index (χ0v) is 24.2. The first-order valence-corrected chi connectivity index (χ1v) is 14.4. The van der Waals surface area contributed by atoms with Crippen LogP contribution in [0.2, 0.25) is 5.02 Å². The topological polar surface area (TPSA) is 97.7 Å². The maximum absolute atomic E-state index is 9.23. The summed E-state index contributed by atoms with van der Waals surface area (Å²) in [7, 11) is 0. The fraction of sp³-hybridized carbons (Fsp3) is 0.406. The third-order valence-corrected chi connectivity index (χ3v) is 7.50. The molecule has 0 amide bonds. The fourth-order valence-corrected chi connectivity index (χ4v) is 5.31. The van der Waals surface area contributed by atoms with Crippen LogP contribution in [0.1, 0.15) is 42.4 Å². The van der Waals surface area contributed by atoms with Crippen molar-refractivity contribution in [3.05, 3.63) is 70.2 Å². The molecule has 0 spiro atoms. The van der Waals surface area contributed by atoms with Crippen LogP contribution >= 0.6 is 11.6 Å². The molecule has 0 radical (unpaired) electrons. The molecule has 2 aliphatic rings. The quantitative estimate of drug-likeness (QED) is 0.218. The number of rotatable bonds is 10. The van der Waals surface area contributed by atoms with E-state index in [0.29, 0.717) is 43.6 Å². The van der Waals surface area contributed by atoms with E-state index in [9.17, 15) is 5.11 Å². The van der Waals surface area contributed by atoms with Crippen LogP contribution < -0.4 is 18.9 Å². The molecule has 0 saturated carbocycles. The Hall–Kier alpha value is -3.46. The lowest BCUT2D eigenvalue weighted by molar-refractivity contribution is -0.122. The number of carboxylic acid groups (broad SMARTS) is 1. The van der Waals surface area contributed by atoms with Gasteiger partial charge in [-0.05, 0) is 73.3 Å². The number of benzene rings is 3. The average molecular weight is 584 g/mol. The van der Waals surface area contributed by atoms with Crippen molar-refractivity contribution in [1.29, 1.82) is 0 Å². The van der Waals surface area contributed by atoms with E-state index in [0.717, 1.165) is 64.7 Å². The highest BCUT2D eigenvalue weighted by Crippen LogP contribution is 2.37. The molecular formula is C32H38ClNO7. The van der Waals surface area contributed by atoms with Crippen molar-refractivity contribution in [2.45, 2.75) is 45.8 Å². The molecule has 5 rings (SSSR count). The molecule has 3 aromatic rings. The number of aliphatic hydroxyl groups excluding tert-OH is 1. The third kappa shape index (κ3) is 8.28. The Balaban J connectivity index is 0.00000124. The highest BCUT2D eigenvalue weighted by atomic mass is 35.5. The van der Waals surface area contributed by atoms with E-state index in [1.165, 1.54) is 19.3 Å². The Kier molecular flexibility index (Phi) is 11.5. The minimum Gasteiger partial charge on any atom is -0.493 e. The monoisotopic (exact) mass is 583 g/mol. The number of ether oxygens (including phenoxy) is 4. The van der Waals surface area contributed by atoms with Gasteiger partial charge in [-0.2, -0.15) is 0 Å². The predicted octanol–water partition coefficient (Wildman–Crippen LogP) is 6.11. The van der Waals surface area contributed by atoms with E-state index >= 15 is 0 Å². The van der Waals surface area contributed by atoms with E-state index in [1.54, 1.807) is 0 Å². The maximum Gasteiger partial charge on any atom is 0.290 e. The fourth-order valence-electron chi connectivity index (χ4n) is 5.07. The summed E-state index contributed by atoms with van der Waals surface area (Å²) < 4.78 is 23.8. The molecule has 0 atom stereocenters. The van der Waals surface area contributed by atoms with Gasteiger partial charge >= 0.3 is 0 Å². The van der Waals surface area contributed by atoms with Gasteiger partial charge in [0.15, 0.2) is 11.5 Å². The first-order valence-electron chi connectivity index (χ1n) is 14.0. The highest BCUT2D eigenvalue weighted by Gasteiger charge is 2.18. The van der Waals surface area contributed by atoms with Crippen LogP contribution in [-0.4, -0.2) is 61.1 Å². The molecule has 1 fully saturated rings. The molecule has 1 saturated heterocycles. The summed E-state index contributed by atoms with van der Waals surface area (Å²) in [6.45, 7) is 6.89. The third-order valence-electron chi connectivity index (χ3n) is 7.20. The Morgan fingerprint density at radius 2 is 1.71 bits per heavy atom. The van der Waals surface area contributed by atoms with E-state index in [2.05, 4.69) is 30.0 Å². The van der Waals surface area contributed by atoms with Crippen molar-refractivity contribution in [3.63, 3.8) is 0 Å². The Bertz CT molecular complexity index is 1290. The molecule has 220 valence electrons. The van der Waals surface area contributed by atoms with Crippen LogP contribution in [0.4, 0.5) is 0 Å². The summed E-state index contributed by atoms with van der Waals surface area (Å²) in [5.41, 5.74) is 5.47. The SMILES string of the molecule is Cc1c(COc2cc(OCCCO)c(CN3CCCCC3)cc2Cl)cccc1-c1ccc2c(c1)OCCO2.O=CO. The zero-order valence-electron chi connectivity index (χ0n) is 23.4. The number of aliphatic hydroxyl groups is 1. The van der Waals surface area contributed by atoms with Gasteiger partial charge in [-0.1, -0.05) is 42.3 Å². The summed E-state index contributed by atoms with van der Waals surface area (Å²) in [6.07, 6.45) is 4.31. The van der Waals surface area contributed by atoms with Gasteiger partial charge in [-0.3, -0.25) is 9.69 Å². The molecule has 0 aliphatic carbocycles. The highest BCUT2D eigenvalue weighted by molar-refractivity contribution is 6.32. The zero-order chi connectivity index (χ0) is 29.0. The van der Waals surface area contributed by atoms with Crippen LogP contribution in [0.15, 0.2) is 48.5 Å². The number of fused-ring (bicyclic) bond motifs is 1. The summed E-state index contributed by atoms with van der Waals surface area (Å²) in [6, 6.07) is 16.2. The lowest BCUT2D eigenvalue weighted by Gasteiger charge is -2.27. The Morgan fingerprint density at radius 3 is 2.46 bits per heavy atom. The summed E-state index contributed by atoms with van der Waals surface area (Å²) in [4.78, 5) is 10.8. The first kappa shape index (κ1) is 30.5. The lowest BCUT2D eigenvalue weighted by atomic mass is 9.96. The first-order chi connectivity index (χ1) is 20.0. The maximum atomic E-state index is 9.23. The molecular weight excluding hydrogens is 546 g/mol. The van der Waals surface area contributed by atoms with Gasteiger partial charge in [0.05, 0.1) is 11.6 Å². The molecule has 0 bridgehead atoms. The van der Waals surface area contributed by atoms with Crippen molar-refractivity contribution >= 4 is 18.1 Å². The van der Waals surface area contributed by atoms with Crippen molar-refractivity contribution in [2.75, 3.05) is 39.5 Å². The number of hydrogen-bond acceptors (Lipinski definition) is 7. The molecule has 0 aromatic heterocycles. The minimum atomic E-state index is -0.250. The predicted molar refractivity (Wildman–Crippen MR) is 158 cm³/mol. The molecule has 2 aliphatic heterocycles. The number of nitrogens with zero attached hydrogens (tertiary/aromatic N) is 1. The standard InChI is InChI=1S/C31H36ClNO5.CH2O2/c1-22-24(7-5-8-26(22)23-9-10-28-31(18-23)37-16-15-36-28)21-38-30-19-29(35-14-6-13-34)25(17-27(30)32)20-33-11-3-2-4-12-33;2-1-3/h5,7-10,17-19,34H,2-4,6,11-16,20-21H2,1H3;1H,(H,2,3). The number of halogens is 1. The summed E-state index contributed by atoms with van der Waals surface area (Å²) >= 11 is 6.72. The van der Waals surface area contributed by atoms with Crippen LogP contribution in [0.5, 0.6) is 23.0 Å². The molecule has 8 nitrogen and oxygen atoms in total. The molecule has 2 heterocycles. The number of piperidine rings is 1. The summed E-state index contributed by atoms with van der Waals surface area (Å²) in [5.74, 6) is 2.93. The van der Waals surface area contributed by atoms with Crippen molar-refractivity contribution in [3.8, 4) is 34.1 Å². The van der Waals surface area contributed by atoms with Crippen molar-refractivity contribution in [1.82, 2.24) is 4.90 Å². The Labute approximate surface area is 246 Å². The molecule has 2 N–H and O–H groups in total. The van der Waals surface area contributed by atoms with Crippen molar-refractivity contribution in [2.24, 2.45) is 0 Å². The smallest absolute Gasteiger partial charge is 0.290 e. The van der Waals surface area contributed by atoms with Crippen LogP contribution in [0, 0.1) is 6.92 Å². The number of hydrogen-bond donors (Lipinski definition) is 2. The van der Waals surface area contributed by atoms with Gasteiger partial charge in [0.1, 0.15) is 31.3 Å². The summed E-state index contributed by atoms with van der Waals surface area (Å²) in [5, 5.41) is 16.7. The van der Waals surface area contributed by atoms with Gasteiger partial charge in [0.2, 0.25) is 0 Å². The van der Waals surface area contributed by atoms with Crippen LogP contribution in [-0.2, 0) is 17.9 Å². The van der Waals surface area contributed by atoms with Crippen LogP contribution in [0.3, 0.4) is 0 Å². The van der Waals surface area contributed by atoms with Gasteiger partial charge in [-0.15, -0.1) is 0 Å². The molecule has 9 heteroatoms. The van der Waals surface area contributed by atoms with Gasteiger partial charge in [0, 0.05) is 31.2 Å². The van der Waals surface area contributed by atoms with Gasteiger partial charge in [-0.25, -0.2) is 0 Å². The molecule has 3 aromatic carbocycles. The Morgan fingerprint density at radius 1 is 0.951 bits per heavy atom. The van der Waals surface area contributed by atoms with Crippen molar-refractivity contribution < 1.29 is 34.0 Å². The largest absolute Gasteiger partial charge is 0.493 e. The number of likely N-dealkylation sites (tertiary alicyclic amines) is 1. The van der Waals surface area contributed by atoms with E-state index in [-0.39, 0.29) is 13.1 Å². The molecule has 41 heavy (non-hydrogen) atoms. The second kappa shape index (κ2) is 15.5. The number of carbonyl (C=O) groups is 1. The van der Waals surface area contributed by atoms with Crippen LogP contribution in [0.25, 0.3) is 11.1 Å². The second-order valence-corrected chi connectivity index (χ2v) is 10.4. The van der Waals surface area contributed by atoms with Gasteiger partial charge in [0.25, 0.3) is 6.47 Å². The van der Waals surface area contributed by atoms with E-state index < -0.39 is 0 Å². The van der Waals surface area contributed by atoms with E-state index in [1.807, 2.05) is 30.3 Å². The lowest BCUT2D eigenvalue weighted by Crippen LogP contribution is -2.29. The van der Waals surface area contributed by atoms with Gasteiger partial charge < -0.3 is 29.2 Å². The molecule has 0 unspecified atom stereocenters.